The Bertz CT molecular complexity index is 464. The number of oxime groups is 1. The van der Waals surface area contributed by atoms with Crippen molar-refractivity contribution >= 4 is 11.5 Å². The van der Waals surface area contributed by atoms with Crippen molar-refractivity contribution in [2.45, 2.75) is 25.9 Å². The van der Waals surface area contributed by atoms with Gasteiger partial charge in [-0.1, -0.05) is 5.16 Å². The number of pyridine rings is 1. The van der Waals surface area contributed by atoms with Gasteiger partial charge >= 0.3 is 0 Å². The van der Waals surface area contributed by atoms with Crippen LogP contribution in [-0.4, -0.2) is 53.1 Å². The number of hydrogen-bond donors (Lipinski definition) is 2. The summed E-state index contributed by atoms with van der Waals surface area (Å²) < 4.78 is 0. The fraction of sp³-hybridized carbons (Fsp3) is 0.538. The summed E-state index contributed by atoms with van der Waals surface area (Å²) in [6.07, 6.45) is 1.65. The van der Waals surface area contributed by atoms with Gasteiger partial charge in [0.15, 0.2) is 5.84 Å². The zero-order valence-corrected chi connectivity index (χ0v) is 11.6. The highest BCUT2D eigenvalue weighted by molar-refractivity contribution is 6.00. The number of nitrogens with zero attached hydrogens (tertiary/aromatic N) is 4. The van der Waals surface area contributed by atoms with Crippen LogP contribution in [0.5, 0.6) is 0 Å². The van der Waals surface area contributed by atoms with Gasteiger partial charge in [0, 0.05) is 31.4 Å². The molecule has 0 radical (unpaired) electrons. The number of piperazine rings is 1. The van der Waals surface area contributed by atoms with Crippen LogP contribution in [0.25, 0.3) is 0 Å². The lowest BCUT2D eigenvalue weighted by Gasteiger charge is -2.43. The molecule has 0 bridgehead atoms. The van der Waals surface area contributed by atoms with Crippen molar-refractivity contribution in [1.82, 2.24) is 9.88 Å². The van der Waals surface area contributed by atoms with E-state index in [9.17, 15) is 0 Å². The van der Waals surface area contributed by atoms with Crippen LogP contribution in [0.15, 0.2) is 23.5 Å². The summed E-state index contributed by atoms with van der Waals surface area (Å²) in [5.74, 6) is 0.0508. The molecule has 1 aliphatic heterocycles. The molecule has 1 aliphatic rings. The number of hydrogen-bond acceptors (Lipinski definition) is 5. The minimum atomic E-state index is 0.0508. The molecular weight excluding hydrogens is 242 g/mol. The van der Waals surface area contributed by atoms with Gasteiger partial charge < -0.3 is 15.8 Å². The molecule has 2 heterocycles. The summed E-state index contributed by atoms with van der Waals surface area (Å²) in [6.45, 7) is 6.20. The summed E-state index contributed by atoms with van der Waals surface area (Å²) in [7, 11) is 2.14. The second kappa shape index (κ2) is 5.44. The normalized spacial score (nSPS) is 25.6. The summed E-state index contributed by atoms with van der Waals surface area (Å²) in [5, 5.41) is 11.9. The van der Waals surface area contributed by atoms with E-state index in [-0.39, 0.29) is 5.84 Å². The smallest absolute Gasteiger partial charge is 0.190 e. The largest absolute Gasteiger partial charge is 0.409 e. The van der Waals surface area contributed by atoms with Crippen molar-refractivity contribution in [2.24, 2.45) is 10.9 Å². The SMILES string of the molecule is CC1CN(c2cccnc2/C(N)=N/O)CC(C)N1C. The molecule has 3 N–H and O–H groups in total. The first-order valence-corrected chi connectivity index (χ1v) is 6.44. The van der Waals surface area contributed by atoms with Gasteiger partial charge in [-0.2, -0.15) is 0 Å². The highest BCUT2D eigenvalue weighted by atomic mass is 16.4. The molecule has 19 heavy (non-hydrogen) atoms. The van der Waals surface area contributed by atoms with Gasteiger partial charge in [0.05, 0.1) is 5.69 Å². The highest BCUT2D eigenvalue weighted by Crippen LogP contribution is 2.23. The molecule has 1 aromatic rings. The Morgan fingerprint density at radius 3 is 2.63 bits per heavy atom. The molecule has 0 aromatic carbocycles. The molecule has 0 amide bonds. The van der Waals surface area contributed by atoms with Crippen molar-refractivity contribution < 1.29 is 5.21 Å². The van der Waals surface area contributed by atoms with E-state index in [1.54, 1.807) is 6.20 Å². The summed E-state index contributed by atoms with van der Waals surface area (Å²) in [4.78, 5) is 8.83. The fourth-order valence-corrected chi connectivity index (χ4v) is 2.50. The number of nitrogens with two attached hydrogens (primary N) is 1. The number of likely N-dealkylation sites (N-methyl/N-ethyl adjacent to an activating group) is 1. The van der Waals surface area contributed by atoms with Crippen LogP contribution in [0.4, 0.5) is 5.69 Å². The Morgan fingerprint density at radius 1 is 1.42 bits per heavy atom. The van der Waals surface area contributed by atoms with Gasteiger partial charge in [-0.25, -0.2) is 0 Å². The fourth-order valence-electron chi connectivity index (χ4n) is 2.50. The highest BCUT2D eigenvalue weighted by Gasteiger charge is 2.28. The van der Waals surface area contributed by atoms with E-state index in [1.165, 1.54) is 0 Å². The van der Waals surface area contributed by atoms with E-state index in [0.717, 1.165) is 18.8 Å². The molecule has 1 saturated heterocycles. The third kappa shape index (κ3) is 2.63. The molecule has 0 spiro atoms. The second-order valence-electron chi connectivity index (χ2n) is 5.12. The molecule has 0 aliphatic carbocycles. The van der Waals surface area contributed by atoms with Gasteiger partial charge in [0.25, 0.3) is 0 Å². The molecule has 1 aromatic heterocycles. The first kappa shape index (κ1) is 13.6. The molecule has 2 unspecified atom stereocenters. The number of aromatic nitrogens is 1. The minimum absolute atomic E-state index is 0.0508. The Hall–Kier alpha value is -1.82. The Labute approximate surface area is 113 Å². The quantitative estimate of drug-likeness (QED) is 0.355. The van der Waals surface area contributed by atoms with E-state index >= 15 is 0 Å². The Kier molecular flexibility index (Phi) is 3.90. The predicted molar refractivity (Wildman–Crippen MR) is 75.6 cm³/mol. The molecular formula is C13H21N5O. The first-order valence-electron chi connectivity index (χ1n) is 6.44. The van der Waals surface area contributed by atoms with Crippen LogP contribution < -0.4 is 10.6 Å². The Morgan fingerprint density at radius 2 is 2.05 bits per heavy atom. The predicted octanol–water partition coefficient (Wildman–Crippen LogP) is 0.705. The van der Waals surface area contributed by atoms with Crippen molar-refractivity contribution in [2.75, 3.05) is 25.0 Å². The third-order valence-corrected chi connectivity index (χ3v) is 3.84. The molecule has 1 fully saturated rings. The summed E-state index contributed by atoms with van der Waals surface area (Å²) >= 11 is 0. The van der Waals surface area contributed by atoms with Crippen LogP contribution in [0, 0.1) is 0 Å². The minimum Gasteiger partial charge on any atom is -0.409 e. The van der Waals surface area contributed by atoms with Crippen LogP contribution in [-0.2, 0) is 0 Å². The van der Waals surface area contributed by atoms with Gasteiger partial charge in [0.2, 0.25) is 0 Å². The average Bonchev–Trinajstić information content (AvgIpc) is 2.43. The van der Waals surface area contributed by atoms with Gasteiger partial charge in [-0.05, 0) is 33.0 Å². The van der Waals surface area contributed by atoms with E-state index in [2.05, 4.69) is 40.8 Å². The second-order valence-corrected chi connectivity index (χ2v) is 5.12. The maximum Gasteiger partial charge on any atom is 0.190 e. The van der Waals surface area contributed by atoms with E-state index in [1.807, 2.05) is 12.1 Å². The summed E-state index contributed by atoms with van der Waals surface area (Å²) in [5.41, 5.74) is 7.16. The van der Waals surface area contributed by atoms with Gasteiger partial charge in [0.1, 0.15) is 5.69 Å². The van der Waals surface area contributed by atoms with Crippen molar-refractivity contribution in [1.29, 1.82) is 0 Å². The lowest BCUT2D eigenvalue weighted by molar-refractivity contribution is 0.170. The number of anilines is 1. The lowest BCUT2D eigenvalue weighted by atomic mass is 10.1. The maximum atomic E-state index is 8.85. The van der Waals surface area contributed by atoms with Crippen LogP contribution in [0.1, 0.15) is 19.5 Å². The van der Waals surface area contributed by atoms with E-state index in [4.69, 9.17) is 10.9 Å². The van der Waals surface area contributed by atoms with Crippen molar-refractivity contribution in [3.05, 3.63) is 24.0 Å². The third-order valence-electron chi connectivity index (χ3n) is 3.84. The van der Waals surface area contributed by atoms with Gasteiger partial charge in [-0.15, -0.1) is 0 Å². The number of amidine groups is 1. The average molecular weight is 263 g/mol. The summed E-state index contributed by atoms with van der Waals surface area (Å²) in [6, 6.07) is 4.73. The maximum absolute atomic E-state index is 8.85. The van der Waals surface area contributed by atoms with E-state index in [0.29, 0.717) is 17.8 Å². The van der Waals surface area contributed by atoms with Crippen molar-refractivity contribution in [3.8, 4) is 0 Å². The molecule has 6 heteroatoms. The Balaban J connectivity index is 2.32. The van der Waals surface area contributed by atoms with Crippen molar-refractivity contribution in [3.63, 3.8) is 0 Å². The first-order chi connectivity index (χ1) is 9.04. The molecule has 0 saturated carbocycles. The molecule has 104 valence electrons. The van der Waals surface area contributed by atoms with Crippen LogP contribution >= 0.6 is 0 Å². The zero-order valence-electron chi connectivity index (χ0n) is 11.6. The molecule has 2 atom stereocenters. The molecule has 2 rings (SSSR count). The zero-order chi connectivity index (χ0) is 14.0. The topological polar surface area (TPSA) is 78.0 Å². The lowest BCUT2D eigenvalue weighted by Crippen LogP contribution is -2.55. The monoisotopic (exact) mass is 263 g/mol. The van der Waals surface area contributed by atoms with E-state index < -0.39 is 0 Å². The number of rotatable bonds is 2. The molecule has 6 nitrogen and oxygen atoms in total. The standard InChI is InChI=1S/C13H21N5O/c1-9-7-18(8-10(2)17(9)3)11-5-4-6-15-12(11)13(14)16-19/h4-6,9-10,19H,7-8H2,1-3H3,(H2,14,16). The van der Waals surface area contributed by atoms with Crippen LogP contribution in [0.3, 0.4) is 0 Å². The van der Waals surface area contributed by atoms with Crippen LogP contribution in [0.2, 0.25) is 0 Å². The van der Waals surface area contributed by atoms with Gasteiger partial charge in [-0.3, -0.25) is 9.88 Å².